The Kier molecular flexibility index (Phi) is 4.84. The second-order valence-electron chi connectivity index (χ2n) is 3.57. The number of hydrogen-bond acceptors (Lipinski definition) is 4. The predicted molar refractivity (Wildman–Crippen MR) is 66.3 cm³/mol. The molecule has 0 aliphatic carbocycles. The number of nitrogens with zero attached hydrogens (tertiary/aromatic N) is 1. The lowest BCUT2D eigenvalue weighted by Gasteiger charge is -2.06. The highest BCUT2D eigenvalue weighted by Gasteiger charge is 2.02. The van der Waals surface area contributed by atoms with Gasteiger partial charge in [-0.25, -0.2) is 9.59 Å². The fraction of sp³-hybridized carbons (Fsp3) is 0.364. The number of hydrogen-bond donors (Lipinski definition) is 1. The number of carbonyl (C=O) groups is 1. The summed E-state index contributed by atoms with van der Waals surface area (Å²) in [7, 11) is 0. The van der Waals surface area contributed by atoms with Crippen LogP contribution in [0.25, 0.3) is 0 Å². The van der Waals surface area contributed by atoms with Gasteiger partial charge < -0.3 is 9.30 Å². The van der Waals surface area contributed by atoms with Crippen LogP contribution in [0.15, 0.2) is 29.2 Å². The SMILES string of the molecule is C=C(C)C(=O)OCCCn1ccc(=S)[nH]c1=O. The van der Waals surface area contributed by atoms with Crippen molar-refractivity contribution in [3.05, 3.63) is 39.5 Å². The number of ether oxygens (including phenoxy) is 1. The first-order valence-electron chi connectivity index (χ1n) is 5.13. The van der Waals surface area contributed by atoms with E-state index in [0.29, 0.717) is 23.2 Å². The minimum absolute atomic E-state index is 0.258. The first-order valence-corrected chi connectivity index (χ1v) is 5.54. The lowest BCUT2D eigenvalue weighted by molar-refractivity contribution is -0.139. The Morgan fingerprint density at radius 2 is 2.35 bits per heavy atom. The van der Waals surface area contributed by atoms with E-state index in [9.17, 15) is 9.59 Å². The largest absolute Gasteiger partial charge is 0.462 e. The molecule has 1 rings (SSSR count). The molecular weight excluding hydrogens is 240 g/mol. The third-order valence-corrected chi connectivity index (χ3v) is 2.26. The Morgan fingerprint density at radius 1 is 1.65 bits per heavy atom. The molecule has 0 amide bonds. The highest BCUT2D eigenvalue weighted by atomic mass is 32.1. The molecule has 0 unspecified atom stereocenters. The molecule has 0 saturated heterocycles. The second kappa shape index (κ2) is 6.15. The van der Waals surface area contributed by atoms with Crippen molar-refractivity contribution in [2.45, 2.75) is 19.9 Å². The molecule has 1 N–H and O–H groups in total. The van der Waals surface area contributed by atoms with Crippen molar-refractivity contribution >= 4 is 18.2 Å². The molecule has 0 aliphatic rings. The Hall–Kier alpha value is -1.69. The Morgan fingerprint density at radius 3 is 2.94 bits per heavy atom. The Balaban J connectivity index is 2.42. The maximum atomic E-state index is 11.4. The van der Waals surface area contributed by atoms with E-state index in [1.165, 1.54) is 4.57 Å². The summed E-state index contributed by atoms with van der Waals surface area (Å²) in [6.07, 6.45) is 2.17. The molecule has 0 aromatic carbocycles. The van der Waals surface area contributed by atoms with Crippen LogP contribution in [0.2, 0.25) is 0 Å². The quantitative estimate of drug-likeness (QED) is 0.373. The number of nitrogens with one attached hydrogen (secondary N) is 1. The molecule has 0 spiro atoms. The van der Waals surface area contributed by atoms with Gasteiger partial charge in [-0.15, -0.1) is 0 Å². The zero-order chi connectivity index (χ0) is 12.8. The molecule has 0 atom stereocenters. The number of aromatic nitrogens is 2. The van der Waals surface area contributed by atoms with Crippen LogP contribution >= 0.6 is 12.2 Å². The van der Waals surface area contributed by atoms with Gasteiger partial charge in [-0.2, -0.15) is 0 Å². The van der Waals surface area contributed by atoms with E-state index >= 15 is 0 Å². The molecule has 0 aliphatic heterocycles. The summed E-state index contributed by atoms with van der Waals surface area (Å²) in [4.78, 5) is 25.0. The Labute approximate surface area is 104 Å². The number of aromatic amines is 1. The summed E-state index contributed by atoms with van der Waals surface area (Å²) in [5.41, 5.74) is 0.106. The lowest BCUT2D eigenvalue weighted by Crippen LogP contribution is -2.23. The number of rotatable bonds is 5. The average molecular weight is 254 g/mol. The van der Waals surface area contributed by atoms with Gasteiger partial charge in [-0.3, -0.25) is 4.98 Å². The number of carbonyl (C=O) groups excluding carboxylic acids is 1. The zero-order valence-corrected chi connectivity index (χ0v) is 10.4. The molecule has 6 heteroatoms. The minimum Gasteiger partial charge on any atom is -0.462 e. The van der Waals surface area contributed by atoms with E-state index in [4.69, 9.17) is 17.0 Å². The van der Waals surface area contributed by atoms with E-state index in [1.54, 1.807) is 19.2 Å². The van der Waals surface area contributed by atoms with E-state index < -0.39 is 5.97 Å². The number of aryl methyl sites for hydroxylation is 1. The van der Waals surface area contributed by atoms with Crippen molar-refractivity contribution in [3.63, 3.8) is 0 Å². The van der Waals surface area contributed by atoms with Gasteiger partial charge in [-0.1, -0.05) is 18.8 Å². The van der Waals surface area contributed by atoms with Gasteiger partial charge in [-0.05, 0) is 19.4 Å². The van der Waals surface area contributed by atoms with E-state index in [2.05, 4.69) is 11.6 Å². The van der Waals surface area contributed by atoms with Crippen molar-refractivity contribution < 1.29 is 9.53 Å². The minimum atomic E-state index is -0.412. The molecule has 5 nitrogen and oxygen atoms in total. The van der Waals surface area contributed by atoms with Crippen molar-refractivity contribution in [1.29, 1.82) is 0 Å². The third-order valence-electron chi connectivity index (χ3n) is 2.02. The molecule has 0 bridgehead atoms. The highest BCUT2D eigenvalue weighted by molar-refractivity contribution is 7.71. The molecule has 92 valence electrons. The number of H-pyrrole nitrogens is 1. The van der Waals surface area contributed by atoms with Crippen LogP contribution in [0.1, 0.15) is 13.3 Å². The standard InChI is InChI=1S/C11H14N2O3S/c1-8(2)10(14)16-7-3-5-13-6-4-9(17)12-11(13)15/h4,6H,1,3,5,7H2,2H3,(H,12,15,17). The molecule has 17 heavy (non-hydrogen) atoms. The topological polar surface area (TPSA) is 64.1 Å². The molecule has 0 radical (unpaired) electrons. The van der Waals surface area contributed by atoms with Crippen molar-refractivity contribution in [2.24, 2.45) is 0 Å². The van der Waals surface area contributed by atoms with Crippen LogP contribution in [-0.4, -0.2) is 22.1 Å². The normalized spacial score (nSPS) is 9.94. The molecule has 1 aromatic heterocycles. The van der Waals surface area contributed by atoms with E-state index in [-0.39, 0.29) is 12.3 Å². The van der Waals surface area contributed by atoms with Crippen molar-refractivity contribution in [1.82, 2.24) is 9.55 Å². The third kappa shape index (κ3) is 4.36. The van der Waals surface area contributed by atoms with Gasteiger partial charge in [0.2, 0.25) is 0 Å². The number of esters is 1. The average Bonchev–Trinajstić information content (AvgIpc) is 2.26. The van der Waals surface area contributed by atoms with Crippen molar-refractivity contribution in [3.8, 4) is 0 Å². The summed E-state index contributed by atoms with van der Waals surface area (Å²) in [5.74, 6) is -0.412. The first-order chi connectivity index (χ1) is 8.00. The monoisotopic (exact) mass is 254 g/mol. The summed E-state index contributed by atoms with van der Waals surface area (Å²) < 4.78 is 6.78. The first kappa shape index (κ1) is 13.4. The smallest absolute Gasteiger partial charge is 0.333 e. The highest BCUT2D eigenvalue weighted by Crippen LogP contribution is 1.94. The van der Waals surface area contributed by atoms with Gasteiger partial charge in [0.25, 0.3) is 0 Å². The zero-order valence-electron chi connectivity index (χ0n) is 9.56. The van der Waals surface area contributed by atoms with Gasteiger partial charge in [0.1, 0.15) is 4.64 Å². The second-order valence-corrected chi connectivity index (χ2v) is 4.01. The molecule has 1 heterocycles. The molecule has 1 aromatic rings. The van der Waals surface area contributed by atoms with E-state index in [1.807, 2.05) is 0 Å². The van der Waals surface area contributed by atoms with Crippen LogP contribution in [0.5, 0.6) is 0 Å². The molecule has 0 saturated carbocycles. The predicted octanol–water partition coefficient (Wildman–Crippen LogP) is 1.42. The fourth-order valence-electron chi connectivity index (χ4n) is 1.14. The van der Waals surface area contributed by atoms with Crippen LogP contribution in [0, 0.1) is 4.64 Å². The summed E-state index contributed by atoms with van der Waals surface area (Å²) in [6.45, 7) is 5.78. The van der Waals surface area contributed by atoms with Crippen LogP contribution in [0.4, 0.5) is 0 Å². The van der Waals surface area contributed by atoms with Crippen LogP contribution in [-0.2, 0) is 16.1 Å². The molecular formula is C11H14N2O3S. The van der Waals surface area contributed by atoms with Gasteiger partial charge in [0.15, 0.2) is 0 Å². The summed E-state index contributed by atoms with van der Waals surface area (Å²) in [5, 5.41) is 0. The molecule has 0 fully saturated rings. The van der Waals surface area contributed by atoms with Gasteiger partial charge >= 0.3 is 11.7 Å². The van der Waals surface area contributed by atoms with Crippen LogP contribution in [0.3, 0.4) is 0 Å². The Bertz CT molecular complexity index is 530. The summed E-state index contributed by atoms with van der Waals surface area (Å²) >= 11 is 4.81. The van der Waals surface area contributed by atoms with Gasteiger partial charge in [0.05, 0.1) is 6.61 Å². The van der Waals surface area contributed by atoms with E-state index in [0.717, 1.165) is 0 Å². The summed E-state index contributed by atoms with van der Waals surface area (Å²) in [6, 6.07) is 1.64. The maximum absolute atomic E-state index is 11.4. The van der Waals surface area contributed by atoms with Crippen molar-refractivity contribution in [2.75, 3.05) is 6.61 Å². The fourth-order valence-corrected chi connectivity index (χ4v) is 1.29. The van der Waals surface area contributed by atoms with Gasteiger partial charge in [0, 0.05) is 18.3 Å². The maximum Gasteiger partial charge on any atom is 0.333 e. The lowest BCUT2D eigenvalue weighted by atomic mass is 10.3. The van der Waals surface area contributed by atoms with Crippen LogP contribution < -0.4 is 5.69 Å².